The van der Waals surface area contributed by atoms with Gasteiger partial charge in [-0.2, -0.15) is 0 Å². The number of nitrogens with zero attached hydrogens (tertiary/aromatic N) is 1. The minimum absolute atomic E-state index is 0.0574. The molecular formula is C16H16N2O5S2. The van der Waals surface area contributed by atoms with E-state index in [9.17, 15) is 8.42 Å². The van der Waals surface area contributed by atoms with Gasteiger partial charge in [0, 0.05) is 6.07 Å². The lowest BCUT2D eigenvalue weighted by Crippen LogP contribution is -2.13. The zero-order valence-electron chi connectivity index (χ0n) is 13.8. The second kappa shape index (κ2) is 6.77. The molecule has 3 aromatic rings. The summed E-state index contributed by atoms with van der Waals surface area (Å²) in [6.45, 7) is 0. The molecule has 7 nitrogen and oxygen atoms in total. The van der Waals surface area contributed by atoms with Gasteiger partial charge in [-0.1, -0.05) is 11.3 Å². The van der Waals surface area contributed by atoms with E-state index in [4.69, 9.17) is 14.2 Å². The highest BCUT2D eigenvalue weighted by Crippen LogP contribution is 2.32. The summed E-state index contributed by atoms with van der Waals surface area (Å²) < 4.78 is 44.0. The van der Waals surface area contributed by atoms with Gasteiger partial charge in [-0.25, -0.2) is 13.4 Å². The number of hydrogen-bond acceptors (Lipinski definition) is 7. The number of anilines is 1. The van der Waals surface area contributed by atoms with Crippen LogP contribution in [-0.4, -0.2) is 34.7 Å². The second-order valence-electron chi connectivity index (χ2n) is 4.97. The molecule has 1 N–H and O–H groups in total. The fourth-order valence-corrected chi connectivity index (χ4v) is 4.38. The molecule has 0 fully saturated rings. The van der Waals surface area contributed by atoms with Crippen LogP contribution in [-0.2, 0) is 10.0 Å². The van der Waals surface area contributed by atoms with E-state index in [0.717, 1.165) is 4.70 Å². The summed E-state index contributed by atoms with van der Waals surface area (Å²) >= 11 is 1.23. The molecule has 1 aromatic heterocycles. The van der Waals surface area contributed by atoms with Crippen LogP contribution in [0.5, 0.6) is 17.2 Å². The van der Waals surface area contributed by atoms with Gasteiger partial charge in [0.25, 0.3) is 10.0 Å². The number of sulfonamides is 1. The maximum atomic E-state index is 12.6. The Morgan fingerprint density at radius 3 is 2.40 bits per heavy atom. The highest BCUT2D eigenvalue weighted by molar-refractivity contribution is 7.93. The number of thiazole rings is 1. The normalized spacial score (nSPS) is 11.3. The zero-order valence-corrected chi connectivity index (χ0v) is 15.4. The Bertz CT molecular complexity index is 1010. The van der Waals surface area contributed by atoms with Gasteiger partial charge in [0.1, 0.15) is 5.75 Å². The molecule has 0 aliphatic rings. The Morgan fingerprint density at radius 1 is 0.960 bits per heavy atom. The summed E-state index contributed by atoms with van der Waals surface area (Å²) in [6.07, 6.45) is 0. The molecule has 0 aliphatic heterocycles. The third-order valence-electron chi connectivity index (χ3n) is 3.48. The number of benzene rings is 2. The number of rotatable bonds is 6. The largest absolute Gasteiger partial charge is 0.497 e. The van der Waals surface area contributed by atoms with Gasteiger partial charge in [-0.15, -0.1) is 0 Å². The van der Waals surface area contributed by atoms with Crippen molar-refractivity contribution in [3.63, 3.8) is 0 Å². The van der Waals surface area contributed by atoms with E-state index < -0.39 is 10.0 Å². The molecule has 0 amide bonds. The van der Waals surface area contributed by atoms with E-state index in [1.54, 1.807) is 25.3 Å². The zero-order chi connectivity index (χ0) is 18.0. The highest BCUT2D eigenvalue weighted by Gasteiger charge is 2.19. The molecule has 2 aromatic carbocycles. The van der Waals surface area contributed by atoms with Gasteiger partial charge in [0.2, 0.25) is 0 Å². The maximum absolute atomic E-state index is 12.6. The van der Waals surface area contributed by atoms with Crippen LogP contribution in [0.25, 0.3) is 10.2 Å². The average molecular weight is 380 g/mol. The van der Waals surface area contributed by atoms with Gasteiger partial charge in [-0.05, 0) is 30.3 Å². The summed E-state index contributed by atoms with van der Waals surface area (Å²) in [5.74, 6) is 1.47. The lowest BCUT2D eigenvalue weighted by Gasteiger charge is -2.10. The first-order chi connectivity index (χ1) is 12.0. The van der Waals surface area contributed by atoms with Crippen LogP contribution in [0.1, 0.15) is 0 Å². The van der Waals surface area contributed by atoms with Crippen molar-refractivity contribution < 1.29 is 22.6 Å². The summed E-state index contributed by atoms with van der Waals surface area (Å²) in [5, 5.41) is 0.276. The van der Waals surface area contributed by atoms with Crippen molar-refractivity contribution in [2.45, 2.75) is 4.90 Å². The lowest BCUT2D eigenvalue weighted by molar-refractivity contribution is 0.354. The molecule has 9 heteroatoms. The number of ether oxygens (including phenoxy) is 3. The minimum atomic E-state index is -3.80. The molecule has 0 bridgehead atoms. The Balaban J connectivity index is 1.93. The molecule has 0 aliphatic carbocycles. The Labute approximate surface area is 149 Å². The monoisotopic (exact) mass is 380 g/mol. The topological polar surface area (TPSA) is 86.8 Å². The average Bonchev–Trinajstić information content (AvgIpc) is 3.01. The predicted molar refractivity (Wildman–Crippen MR) is 96.5 cm³/mol. The van der Waals surface area contributed by atoms with E-state index in [1.807, 2.05) is 0 Å². The fourth-order valence-electron chi connectivity index (χ4n) is 2.23. The first kappa shape index (κ1) is 17.3. The van der Waals surface area contributed by atoms with Crippen molar-refractivity contribution in [1.82, 2.24) is 4.98 Å². The maximum Gasteiger partial charge on any atom is 0.263 e. The number of aromatic nitrogens is 1. The SMILES string of the molecule is COc1ccc2nc(NS(=O)(=O)c3ccc(OC)c(OC)c3)sc2c1. The number of methoxy groups -OCH3 is 3. The van der Waals surface area contributed by atoms with Crippen molar-refractivity contribution in [2.24, 2.45) is 0 Å². The highest BCUT2D eigenvalue weighted by atomic mass is 32.2. The molecule has 25 heavy (non-hydrogen) atoms. The predicted octanol–water partition coefficient (Wildman–Crippen LogP) is 3.12. The third kappa shape index (κ3) is 3.47. The van der Waals surface area contributed by atoms with Crippen LogP contribution in [0.2, 0.25) is 0 Å². The van der Waals surface area contributed by atoms with Crippen LogP contribution in [0.15, 0.2) is 41.3 Å². The van der Waals surface area contributed by atoms with E-state index in [-0.39, 0.29) is 10.0 Å². The van der Waals surface area contributed by atoms with E-state index >= 15 is 0 Å². The minimum Gasteiger partial charge on any atom is -0.497 e. The van der Waals surface area contributed by atoms with Gasteiger partial charge in [0.05, 0.1) is 36.4 Å². The molecule has 0 saturated heterocycles. The number of fused-ring (bicyclic) bond motifs is 1. The van der Waals surface area contributed by atoms with E-state index in [0.29, 0.717) is 22.8 Å². The van der Waals surface area contributed by atoms with Crippen LogP contribution in [0.4, 0.5) is 5.13 Å². The first-order valence-electron chi connectivity index (χ1n) is 7.16. The molecule has 0 saturated carbocycles. The Kier molecular flexibility index (Phi) is 4.69. The summed E-state index contributed by atoms with van der Waals surface area (Å²) in [5.41, 5.74) is 0.691. The van der Waals surface area contributed by atoms with Gasteiger partial charge in [-0.3, -0.25) is 4.72 Å². The molecule has 0 unspecified atom stereocenters. The van der Waals surface area contributed by atoms with Gasteiger partial charge >= 0.3 is 0 Å². The third-order valence-corrected chi connectivity index (χ3v) is 5.88. The van der Waals surface area contributed by atoms with Crippen molar-refractivity contribution >= 4 is 36.7 Å². The quantitative estimate of drug-likeness (QED) is 0.707. The van der Waals surface area contributed by atoms with Gasteiger partial charge < -0.3 is 14.2 Å². The summed E-state index contributed by atoms with van der Waals surface area (Å²) in [4.78, 5) is 4.35. The fraction of sp³-hybridized carbons (Fsp3) is 0.188. The molecule has 0 spiro atoms. The first-order valence-corrected chi connectivity index (χ1v) is 9.46. The van der Waals surface area contributed by atoms with Crippen molar-refractivity contribution in [1.29, 1.82) is 0 Å². The molecule has 3 rings (SSSR count). The van der Waals surface area contributed by atoms with Crippen LogP contribution in [0.3, 0.4) is 0 Å². The summed E-state index contributed by atoms with van der Waals surface area (Å²) in [7, 11) is 0.702. The molecule has 132 valence electrons. The smallest absolute Gasteiger partial charge is 0.263 e. The standard InChI is InChI=1S/C16H16N2O5S2/c1-21-10-4-6-12-15(8-10)24-16(17-12)18-25(19,20)11-5-7-13(22-2)14(9-11)23-3/h4-9H,1-3H3,(H,17,18). The molecule has 0 atom stereocenters. The van der Waals surface area contributed by atoms with Crippen molar-refractivity contribution in [2.75, 3.05) is 26.1 Å². The molecule has 0 radical (unpaired) electrons. The lowest BCUT2D eigenvalue weighted by atomic mass is 10.3. The molecule has 1 heterocycles. The summed E-state index contributed by atoms with van der Waals surface area (Å²) in [6, 6.07) is 9.74. The van der Waals surface area contributed by atoms with Crippen molar-refractivity contribution in [3.8, 4) is 17.2 Å². The number of nitrogens with one attached hydrogen (secondary N) is 1. The second-order valence-corrected chi connectivity index (χ2v) is 7.69. The van der Waals surface area contributed by atoms with Crippen LogP contribution >= 0.6 is 11.3 Å². The Hall–Kier alpha value is -2.52. The Morgan fingerprint density at radius 2 is 1.72 bits per heavy atom. The van der Waals surface area contributed by atoms with E-state index in [1.165, 1.54) is 43.8 Å². The van der Waals surface area contributed by atoms with Crippen LogP contribution in [0, 0.1) is 0 Å². The van der Waals surface area contributed by atoms with E-state index in [2.05, 4.69) is 9.71 Å². The van der Waals surface area contributed by atoms with Crippen molar-refractivity contribution in [3.05, 3.63) is 36.4 Å². The van der Waals surface area contributed by atoms with Gasteiger partial charge in [0.15, 0.2) is 16.6 Å². The van der Waals surface area contributed by atoms with Crippen LogP contribution < -0.4 is 18.9 Å². The molecular weight excluding hydrogens is 364 g/mol. The number of hydrogen-bond donors (Lipinski definition) is 1.